The van der Waals surface area contributed by atoms with Crippen molar-refractivity contribution in [3.05, 3.63) is 18.8 Å². The fraction of sp³-hybridized carbons (Fsp3) is 0.500. The molecule has 0 rings (SSSR count). The molecule has 0 aromatic carbocycles. The highest BCUT2D eigenvalue weighted by molar-refractivity contribution is 4.76. The number of rotatable bonds is 3. The van der Waals surface area contributed by atoms with E-state index in [0.717, 1.165) is 0 Å². The standard InChI is InChI=1S/C6H11O/c1-4-7-5-6(2)3/h4H,1,5H2,2-3H3. The first-order valence-electron chi connectivity index (χ1n) is 2.29. The molecule has 0 saturated carbocycles. The summed E-state index contributed by atoms with van der Waals surface area (Å²) in [6.45, 7) is 8.13. The van der Waals surface area contributed by atoms with Crippen molar-refractivity contribution in [2.24, 2.45) is 0 Å². The molecule has 41 valence electrons. The molecule has 0 fully saturated rings. The van der Waals surface area contributed by atoms with E-state index in [9.17, 15) is 0 Å². The van der Waals surface area contributed by atoms with Gasteiger partial charge in [-0.3, -0.25) is 0 Å². The lowest BCUT2D eigenvalue weighted by Gasteiger charge is -2.00. The minimum absolute atomic E-state index is 0.698. The molecule has 0 atom stereocenters. The molecule has 0 bridgehead atoms. The van der Waals surface area contributed by atoms with Crippen molar-refractivity contribution in [2.45, 2.75) is 13.8 Å². The molecule has 1 heteroatoms. The van der Waals surface area contributed by atoms with Gasteiger partial charge in [0.15, 0.2) is 0 Å². The van der Waals surface area contributed by atoms with Crippen molar-refractivity contribution in [3.8, 4) is 0 Å². The highest BCUT2D eigenvalue weighted by Crippen LogP contribution is 1.93. The molecule has 0 aromatic heterocycles. The third kappa shape index (κ3) is 5.54. The highest BCUT2D eigenvalue weighted by atomic mass is 16.5. The Labute approximate surface area is 45.0 Å². The molecule has 0 aliphatic carbocycles. The Hall–Kier alpha value is -0.460. The molecule has 0 saturated heterocycles. The van der Waals surface area contributed by atoms with Gasteiger partial charge in [0.05, 0.1) is 12.9 Å². The molecule has 0 spiro atoms. The van der Waals surface area contributed by atoms with Crippen LogP contribution in [0.25, 0.3) is 0 Å². The number of ether oxygens (including phenoxy) is 1. The smallest absolute Gasteiger partial charge is 0.0930 e. The van der Waals surface area contributed by atoms with Crippen molar-refractivity contribution in [3.63, 3.8) is 0 Å². The summed E-state index contributed by atoms with van der Waals surface area (Å²) in [6, 6.07) is 0. The van der Waals surface area contributed by atoms with Crippen molar-refractivity contribution in [1.82, 2.24) is 0 Å². The Morgan fingerprint density at radius 3 is 2.43 bits per heavy atom. The average molecular weight is 99.2 g/mol. The van der Waals surface area contributed by atoms with Gasteiger partial charge < -0.3 is 4.74 Å². The summed E-state index contributed by atoms with van der Waals surface area (Å²) in [5.41, 5.74) is 0. The maximum Gasteiger partial charge on any atom is 0.0930 e. The monoisotopic (exact) mass is 99.1 g/mol. The topological polar surface area (TPSA) is 9.23 Å². The fourth-order valence-corrected chi connectivity index (χ4v) is 0.226. The Morgan fingerprint density at radius 2 is 2.29 bits per heavy atom. The quantitative estimate of drug-likeness (QED) is 0.490. The van der Waals surface area contributed by atoms with Crippen LogP contribution in [0.1, 0.15) is 13.8 Å². The summed E-state index contributed by atoms with van der Waals surface area (Å²) in [5.74, 6) is 1.26. The van der Waals surface area contributed by atoms with Crippen LogP contribution in [-0.4, -0.2) is 6.61 Å². The maximum atomic E-state index is 4.82. The van der Waals surface area contributed by atoms with E-state index >= 15 is 0 Å². The second-order valence-electron chi connectivity index (χ2n) is 1.68. The van der Waals surface area contributed by atoms with Gasteiger partial charge in [-0.25, -0.2) is 0 Å². The molecule has 0 heterocycles. The van der Waals surface area contributed by atoms with E-state index in [2.05, 4.69) is 6.58 Å². The summed E-state index contributed by atoms with van der Waals surface area (Å²) in [5, 5.41) is 0. The predicted octanol–water partition coefficient (Wildman–Crippen LogP) is 1.76. The fourth-order valence-electron chi connectivity index (χ4n) is 0.226. The molecule has 1 radical (unpaired) electrons. The lowest BCUT2D eigenvalue weighted by molar-refractivity contribution is 0.265. The van der Waals surface area contributed by atoms with Crippen molar-refractivity contribution in [1.29, 1.82) is 0 Å². The van der Waals surface area contributed by atoms with E-state index in [1.165, 1.54) is 12.2 Å². The summed E-state index contributed by atoms with van der Waals surface area (Å²) in [7, 11) is 0. The van der Waals surface area contributed by atoms with E-state index in [4.69, 9.17) is 4.74 Å². The molecule has 0 aliphatic rings. The minimum Gasteiger partial charge on any atom is -0.501 e. The summed E-state index contributed by atoms with van der Waals surface area (Å²) in [4.78, 5) is 0. The molecule has 0 amide bonds. The van der Waals surface area contributed by atoms with Crippen LogP contribution in [0.3, 0.4) is 0 Å². The van der Waals surface area contributed by atoms with Gasteiger partial charge in [-0.15, -0.1) is 0 Å². The van der Waals surface area contributed by atoms with Gasteiger partial charge in [-0.2, -0.15) is 0 Å². The Morgan fingerprint density at radius 1 is 1.71 bits per heavy atom. The van der Waals surface area contributed by atoms with Gasteiger partial charge in [-0.05, 0) is 0 Å². The van der Waals surface area contributed by atoms with Crippen LogP contribution in [-0.2, 0) is 4.74 Å². The lowest BCUT2D eigenvalue weighted by atomic mass is 10.2. The third-order valence-electron chi connectivity index (χ3n) is 0.490. The second kappa shape index (κ2) is 3.72. The van der Waals surface area contributed by atoms with Crippen molar-refractivity contribution >= 4 is 0 Å². The van der Waals surface area contributed by atoms with Crippen LogP contribution < -0.4 is 0 Å². The van der Waals surface area contributed by atoms with E-state index in [-0.39, 0.29) is 0 Å². The SMILES string of the molecule is C=COC[C](C)C. The van der Waals surface area contributed by atoms with Crippen molar-refractivity contribution < 1.29 is 4.74 Å². The van der Waals surface area contributed by atoms with E-state index in [0.29, 0.717) is 6.61 Å². The molecule has 0 aromatic rings. The van der Waals surface area contributed by atoms with Gasteiger partial charge in [0.1, 0.15) is 0 Å². The van der Waals surface area contributed by atoms with Crippen LogP contribution >= 0.6 is 0 Å². The van der Waals surface area contributed by atoms with Crippen LogP contribution in [0.15, 0.2) is 12.8 Å². The van der Waals surface area contributed by atoms with Crippen molar-refractivity contribution in [2.75, 3.05) is 6.61 Å². The Balaban J connectivity index is 2.81. The van der Waals surface area contributed by atoms with Crippen LogP contribution in [0, 0.1) is 5.92 Å². The van der Waals surface area contributed by atoms with E-state index in [1.54, 1.807) is 0 Å². The third-order valence-corrected chi connectivity index (χ3v) is 0.490. The first-order chi connectivity index (χ1) is 3.27. The average Bonchev–Trinajstić information content (AvgIpc) is 1.61. The van der Waals surface area contributed by atoms with Gasteiger partial charge in [0.25, 0.3) is 0 Å². The number of hydrogen-bond acceptors (Lipinski definition) is 1. The largest absolute Gasteiger partial charge is 0.501 e. The van der Waals surface area contributed by atoms with Gasteiger partial charge >= 0.3 is 0 Å². The Bertz CT molecular complexity index is 48.1. The van der Waals surface area contributed by atoms with Crippen LogP contribution in [0.4, 0.5) is 0 Å². The van der Waals surface area contributed by atoms with Gasteiger partial charge in [0, 0.05) is 5.92 Å². The normalized spacial score (nSPS) is 9.00. The zero-order valence-corrected chi connectivity index (χ0v) is 4.90. The van der Waals surface area contributed by atoms with Crippen LogP contribution in [0.2, 0.25) is 0 Å². The summed E-state index contributed by atoms with van der Waals surface area (Å²) < 4.78 is 4.82. The molecule has 0 N–H and O–H groups in total. The zero-order valence-electron chi connectivity index (χ0n) is 4.90. The molecular formula is C6H11O. The van der Waals surface area contributed by atoms with E-state index in [1.807, 2.05) is 13.8 Å². The molecular weight excluding hydrogens is 88.1 g/mol. The van der Waals surface area contributed by atoms with Crippen LogP contribution in [0.5, 0.6) is 0 Å². The van der Waals surface area contributed by atoms with Gasteiger partial charge in [-0.1, -0.05) is 20.4 Å². The van der Waals surface area contributed by atoms with Gasteiger partial charge in [0.2, 0.25) is 0 Å². The Kier molecular flexibility index (Phi) is 3.48. The maximum absolute atomic E-state index is 4.82. The molecule has 0 unspecified atom stereocenters. The zero-order chi connectivity index (χ0) is 5.70. The summed E-state index contributed by atoms with van der Waals surface area (Å²) >= 11 is 0. The lowest BCUT2D eigenvalue weighted by Crippen LogP contribution is -1.92. The number of hydrogen-bond donors (Lipinski definition) is 0. The molecule has 7 heavy (non-hydrogen) atoms. The minimum atomic E-state index is 0.698. The van der Waals surface area contributed by atoms with E-state index < -0.39 is 0 Å². The molecule has 0 aliphatic heterocycles. The summed E-state index contributed by atoms with van der Waals surface area (Å²) in [6.07, 6.45) is 1.45. The highest BCUT2D eigenvalue weighted by Gasteiger charge is 1.88. The molecule has 1 nitrogen and oxygen atoms in total. The second-order valence-corrected chi connectivity index (χ2v) is 1.68. The predicted molar refractivity (Wildman–Crippen MR) is 30.7 cm³/mol. The first-order valence-corrected chi connectivity index (χ1v) is 2.29. The first kappa shape index (κ1) is 6.54.